The molecule has 56 heavy (non-hydrogen) atoms. The Kier molecular flexibility index (Phi) is 48.2. The number of rotatable bonds is 49. The molecule has 0 spiro atoms. The van der Waals surface area contributed by atoms with Crippen molar-refractivity contribution in [2.24, 2.45) is 0 Å². The molecule has 0 aromatic carbocycles. The van der Waals surface area contributed by atoms with Gasteiger partial charge in [0.25, 0.3) is 0 Å². The van der Waals surface area contributed by atoms with Crippen LogP contribution in [0.2, 0.25) is 0 Å². The highest BCUT2D eigenvalue weighted by molar-refractivity contribution is 5.76. The largest absolute Gasteiger partial charge is 0.396 e. The fourth-order valence-electron chi connectivity index (χ4n) is 8.46. The number of carbonyl (C=O) groups is 1. The predicted molar refractivity (Wildman–Crippen MR) is 246 cm³/mol. The zero-order chi connectivity index (χ0) is 40.7. The van der Waals surface area contributed by atoms with Crippen molar-refractivity contribution >= 4 is 5.91 Å². The summed E-state index contributed by atoms with van der Waals surface area (Å²) in [6.07, 6.45) is 58.0. The topological polar surface area (TPSA) is 89.8 Å². The first-order chi connectivity index (χ1) is 27.7. The molecule has 0 aliphatic heterocycles. The number of unbranched alkanes of at least 4 members (excludes halogenated alkanes) is 41. The number of carbonyl (C=O) groups excluding carboxylic acids is 1. The lowest BCUT2D eigenvalue weighted by molar-refractivity contribution is -0.123. The van der Waals surface area contributed by atoms with E-state index in [1.165, 1.54) is 244 Å². The molecule has 0 saturated heterocycles. The quantitative estimate of drug-likeness (QED) is 0.0462. The molecule has 4 N–H and O–H groups in total. The summed E-state index contributed by atoms with van der Waals surface area (Å²) >= 11 is 0. The molecule has 2 unspecified atom stereocenters. The molecular weight excluding hydrogens is 691 g/mol. The minimum absolute atomic E-state index is 0.0277. The fraction of sp³-hybridized carbons (Fsp3) is 0.980. The lowest BCUT2D eigenvalue weighted by Crippen LogP contribution is -2.45. The van der Waals surface area contributed by atoms with Crippen LogP contribution in [0.25, 0.3) is 0 Å². The van der Waals surface area contributed by atoms with Gasteiger partial charge in [-0.05, 0) is 19.3 Å². The van der Waals surface area contributed by atoms with E-state index in [9.17, 15) is 15.0 Å². The maximum absolute atomic E-state index is 12.4. The molecule has 5 nitrogen and oxygen atoms in total. The SMILES string of the molecule is CCCCCCCCCCCCCCCC(O)C(CO)NC(=O)CCCCCCCCCCCCCCCCCCCCCCCCCCCCCCCCO. The van der Waals surface area contributed by atoms with Crippen LogP contribution in [-0.4, -0.2) is 46.6 Å². The van der Waals surface area contributed by atoms with Gasteiger partial charge in [0.1, 0.15) is 0 Å². The molecule has 0 heterocycles. The average Bonchev–Trinajstić information content (AvgIpc) is 3.20. The molecule has 0 saturated carbocycles. The zero-order valence-electron chi connectivity index (χ0n) is 38.1. The Hall–Kier alpha value is -0.650. The van der Waals surface area contributed by atoms with Gasteiger partial charge in [0.2, 0.25) is 5.91 Å². The normalized spacial score (nSPS) is 12.7. The number of nitrogens with one attached hydrogen (secondary N) is 1. The third-order valence-electron chi connectivity index (χ3n) is 12.4. The van der Waals surface area contributed by atoms with Crippen molar-refractivity contribution in [1.29, 1.82) is 0 Å². The van der Waals surface area contributed by atoms with Crippen LogP contribution in [0.15, 0.2) is 0 Å². The lowest BCUT2D eigenvalue weighted by Gasteiger charge is -2.22. The van der Waals surface area contributed by atoms with Crippen molar-refractivity contribution in [3.63, 3.8) is 0 Å². The van der Waals surface area contributed by atoms with Crippen molar-refractivity contribution in [2.75, 3.05) is 13.2 Å². The van der Waals surface area contributed by atoms with Crippen molar-refractivity contribution in [2.45, 2.75) is 308 Å². The summed E-state index contributed by atoms with van der Waals surface area (Å²) in [6, 6.07) is -0.532. The van der Waals surface area contributed by atoms with E-state index in [2.05, 4.69) is 12.2 Å². The monoisotopic (exact) mass is 794 g/mol. The molecule has 0 bridgehead atoms. The summed E-state index contributed by atoms with van der Waals surface area (Å²) in [5.74, 6) is -0.0277. The first-order valence-electron chi connectivity index (χ1n) is 25.8. The molecule has 336 valence electrons. The Bertz CT molecular complexity index is 733. The molecule has 0 aliphatic carbocycles. The van der Waals surface area contributed by atoms with E-state index in [1.807, 2.05) is 0 Å². The molecule has 5 heteroatoms. The Morgan fingerprint density at radius 1 is 0.375 bits per heavy atom. The number of amides is 1. The maximum atomic E-state index is 12.4. The van der Waals surface area contributed by atoms with Gasteiger partial charge in [-0.15, -0.1) is 0 Å². The molecule has 1 amide bonds. The third kappa shape index (κ3) is 44.5. The van der Waals surface area contributed by atoms with Crippen LogP contribution < -0.4 is 5.32 Å². The van der Waals surface area contributed by atoms with E-state index >= 15 is 0 Å². The maximum Gasteiger partial charge on any atom is 0.220 e. The Balaban J connectivity index is 3.35. The number of hydrogen-bond donors (Lipinski definition) is 4. The van der Waals surface area contributed by atoms with Crippen molar-refractivity contribution in [1.82, 2.24) is 5.32 Å². The van der Waals surface area contributed by atoms with Gasteiger partial charge in [-0.1, -0.05) is 270 Å². The van der Waals surface area contributed by atoms with Crippen molar-refractivity contribution in [3.05, 3.63) is 0 Å². The summed E-state index contributed by atoms with van der Waals surface area (Å²) in [5, 5.41) is 32.0. The smallest absolute Gasteiger partial charge is 0.220 e. The summed E-state index contributed by atoms with van der Waals surface area (Å²) in [4.78, 5) is 12.4. The molecule has 0 rings (SSSR count). The van der Waals surface area contributed by atoms with Crippen LogP contribution in [0.5, 0.6) is 0 Å². The van der Waals surface area contributed by atoms with Crippen molar-refractivity contribution in [3.8, 4) is 0 Å². The van der Waals surface area contributed by atoms with E-state index < -0.39 is 12.1 Å². The van der Waals surface area contributed by atoms with E-state index in [0.717, 1.165) is 32.1 Å². The Labute approximate surface area is 351 Å². The summed E-state index contributed by atoms with van der Waals surface area (Å²) < 4.78 is 0. The van der Waals surface area contributed by atoms with E-state index in [-0.39, 0.29) is 12.5 Å². The average molecular weight is 794 g/mol. The summed E-state index contributed by atoms with van der Waals surface area (Å²) in [7, 11) is 0. The Morgan fingerprint density at radius 3 is 0.893 bits per heavy atom. The van der Waals surface area contributed by atoms with E-state index in [1.54, 1.807) is 0 Å². The molecule has 0 aliphatic rings. The van der Waals surface area contributed by atoms with Gasteiger partial charge in [-0.3, -0.25) is 4.79 Å². The molecule has 0 radical (unpaired) electrons. The van der Waals surface area contributed by atoms with Gasteiger partial charge in [0, 0.05) is 13.0 Å². The van der Waals surface area contributed by atoms with Gasteiger partial charge >= 0.3 is 0 Å². The highest BCUT2D eigenvalue weighted by atomic mass is 16.3. The van der Waals surface area contributed by atoms with E-state index in [4.69, 9.17) is 5.11 Å². The standard InChI is InChI=1S/C51H103NO4/c1-2-3-4-5-6-7-8-27-30-33-36-39-42-45-50(55)49(48-54)52-51(56)46-43-40-37-34-31-28-25-23-21-19-17-15-13-11-9-10-12-14-16-18-20-22-24-26-29-32-35-38-41-44-47-53/h49-50,53-55H,2-48H2,1H3,(H,52,56). The fourth-order valence-corrected chi connectivity index (χ4v) is 8.46. The second-order valence-electron chi connectivity index (χ2n) is 18.0. The number of hydrogen-bond acceptors (Lipinski definition) is 4. The molecule has 0 aromatic rings. The van der Waals surface area contributed by atoms with Crippen LogP contribution in [0.1, 0.15) is 296 Å². The van der Waals surface area contributed by atoms with Gasteiger partial charge in [0.05, 0.1) is 18.8 Å². The minimum atomic E-state index is -0.656. The molecule has 2 atom stereocenters. The molecular formula is C51H103NO4. The Morgan fingerprint density at radius 2 is 0.625 bits per heavy atom. The van der Waals surface area contributed by atoms with Gasteiger partial charge < -0.3 is 20.6 Å². The zero-order valence-corrected chi connectivity index (χ0v) is 38.1. The second kappa shape index (κ2) is 48.7. The van der Waals surface area contributed by atoms with Gasteiger partial charge in [-0.2, -0.15) is 0 Å². The number of aliphatic hydroxyl groups is 3. The van der Waals surface area contributed by atoms with Crippen molar-refractivity contribution < 1.29 is 20.1 Å². The molecule has 0 aromatic heterocycles. The summed E-state index contributed by atoms with van der Waals surface area (Å²) in [6.45, 7) is 2.44. The van der Waals surface area contributed by atoms with Crippen LogP contribution in [0.3, 0.4) is 0 Å². The molecule has 0 fully saturated rings. The third-order valence-corrected chi connectivity index (χ3v) is 12.4. The van der Waals surface area contributed by atoms with Gasteiger partial charge in [-0.25, -0.2) is 0 Å². The first-order valence-corrected chi connectivity index (χ1v) is 25.8. The highest BCUT2D eigenvalue weighted by Gasteiger charge is 2.20. The highest BCUT2D eigenvalue weighted by Crippen LogP contribution is 2.18. The second-order valence-corrected chi connectivity index (χ2v) is 18.0. The first kappa shape index (κ1) is 55.4. The van der Waals surface area contributed by atoms with Gasteiger partial charge in [0.15, 0.2) is 0 Å². The summed E-state index contributed by atoms with van der Waals surface area (Å²) in [5.41, 5.74) is 0. The minimum Gasteiger partial charge on any atom is -0.396 e. The predicted octanol–water partition coefficient (Wildman–Crippen LogP) is 15.4. The van der Waals surface area contributed by atoms with E-state index in [0.29, 0.717) is 19.4 Å². The van der Waals surface area contributed by atoms with Crippen LogP contribution in [0, 0.1) is 0 Å². The number of aliphatic hydroxyl groups excluding tert-OH is 3. The lowest BCUT2D eigenvalue weighted by atomic mass is 10.0. The van der Waals surface area contributed by atoms with Crippen LogP contribution >= 0.6 is 0 Å². The van der Waals surface area contributed by atoms with Crippen LogP contribution in [-0.2, 0) is 4.79 Å². The van der Waals surface area contributed by atoms with Crippen LogP contribution in [0.4, 0.5) is 0 Å².